The van der Waals surface area contributed by atoms with E-state index in [1.807, 2.05) is 68.4 Å². The molecule has 0 bridgehead atoms. The van der Waals surface area contributed by atoms with Crippen molar-refractivity contribution in [3.8, 4) is 22.9 Å². The Hall–Kier alpha value is -3.31. The molecule has 176 valence electrons. The normalized spacial score (nSPS) is 11.1. The second kappa shape index (κ2) is 10.7. The molecule has 0 radical (unpaired) electrons. The van der Waals surface area contributed by atoms with E-state index in [-0.39, 0.29) is 5.56 Å². The fourth-order valence-corrected chi connectivity index (χ4v) is 4.52. The van der Waals surface area contributed by atoms with Crippen LogP contribution < -0.4 is 15.0 Å². The zero-order valence-electron chi connectivity index (χ0n) is 19.8. The van der Waals surface area contributed by atoms with Crippen molar-refractivity contribution in [2.45, 2.75) is 39.7 Å². The van der Waals surface area contributed by atoms with Crippen LogP contribution in [0.15, 0.2) is 65.5 Å². The number of ether oxygens (including phenoxy) is 2. The predicted octanol–water partition coefficient (Wildman–Crippen LogP) is 6.59. The van der Waals surface area contributed by atoms with Crippen LogP contribution in [-0.2, 0) is 6.54 Å². The van der Waals surface area contributed by atoms with Crippen LogP contribution in [0.4, 0.5) is 0 Å². The van der Waals surface area contributed by atoms with Crippen LogP contribution in [0.1, 0.15) is 30.4 Å². The fourth-order valence-electron chi connectivity index (χ4n) is 4.14. The van der Waals surface area contributed by atoms with Gasteiger partial charge < -0.3 is 9.47 Å². The molecule has 0 fully saturated rings. The number of rotatable bonds is 9. The van der Waals surface area contributed by atoms with E-state index in [9.17, 15) is 4.79 Å². The van der Waals surface area contributed by atoms with Gasteiger partial charge >= 0.3 is 0 Å². The van der Waals surface area contributed by atoms with Crippen molar-refractivity contribution in [2.24, 2.45) is 0 Å². The van der Waals surface area contributed by atoms with Crippen LogP contribution in [0.5, 0.6) is 11.5 Å². The number of benzene rings is 3. The molecule has 0 aliphatic rings. The maximum absolute atomic E-state index is 13.3. The Morgan fingerprint density at radius 3 is 2.47 bits per heavy atom. The van der Waals surface area contributed by atoms with E-state index < -0.39 is 0 Å². The molecule has 1 aromatic heterocycles. The maximum atomic E-state index is 13.3. The average Bonchev–Trinajstić information content (AvgIpc) is 2.83. The number of halogens is 1. The second-order valence-corrected chi connectivity index (χ2v) is 8.85. The molecule has 0 aliphatic carbocycles. The number of aryl methyl sites for hydroxylation is 2. The van der Waals surface area contributed by atoms with Gasteiger partial charge in [0, 0.05) is 12.1 Å². The van der Waals surface area contributed by atoms with Gasteiger partial charge in [-0.15, -0.1) is 0 Å². The first-order chi connectivity index (χ1) is 16.5. The Morgan fingerprint density at radius 2 is 1.74 bits per heavy atom. The van der Waals surface area contributed by atoms with Crippen LogP contribution in [0.2, 0.25) is 5.02 Å². The summed E-state index contributed by atoms with van der Waals surface area (Å²) in [6, 6.07) is 19.1. The van der Waals surface area contributed by atoms with Crippen LogP contribution >= 0.6 is 11.6 Å². The van der Waals surface area contributed by atoms with Crippen molar-refractivity contribution in [1.29, 1.82) is 0 Å². The zero-order chi connectivity index (χ0) is 24.1. The van der Waals surface area contributed by atoms with Gasteiger partial charge in [0.25, 0.3) is 5.56 Å². The molecule has 0 saturated carbocycles. The van der Waals surface area contributed by atoms with Gasteiger partial charge in [0.15, 0.2) is 0 Å². The number of unbranched alkanes of at least 4 members (excludes halogenated alkanes) is 2. The third-order valence-corrected chi connectivity index (χ3v) is 6.14. The largest absolute Gasteiger partial charge is 0.497 e. The Morgan fingerprint density at radius 1 is 0.971 bits per heavy atom. The van der Waals surface area contributed by atoms with E-state index >= 15 is 0 Å². The van der Waals surface area contributed by atoms with E-state index in [0.717, 1.165) is 47.5 Å². The molecule has 0 saturated heterocycles. The van der Waals surface area contributed by atoms with Crippen LogP contribution in [-0.4, -0.2) is 23.3 Å². The van der Waals surface area contributed by atoms with Crippen molar-refractivity contribution < 1.29 is 9.47 Å². The van der Waals surface area contributed by atoms with Crippen LogP contribution in [0, 0.1) is 13.8 Å². The van der Waals surface area contributed by atoms with Gasteiger partial charge in [-0.1, -0.05) is 29.8 Å². The van der Waals surface area contributed by atoms with Crippen molar-refractivity contribution in [1.82, 2.24) is 9.55 Å². The molecular weight excluding hydrogens is 448 g/mol. The minimum atomic E-state index is -0.0188. The first-order valence-electron chi connectivity index (χ1n) is 11.5. The highest BCUT2D eigenvalue weighted by molar-refractivity contribution is 6.32. The molecule has 4 aromatic rings. The van der Waals surface area contributed by atoms with Crippen LogP contribution in [0.25, 0.3) is 22.3 Å². The molecule has 4 rings (SSSR count). The van der Waals surface area contributed by atoms with Gasteiger partial charge in [-0.05, 0) is 86.7 Å². The number of methoxy groups -OCH3 is 1. The van der Waals surface area contributed by atoms with Gasteiger partial charge in [0.1, 0.15) is 17.3 Å². The van der Waals surface area contributed by atoms with Gasteiger partial charge in [0.2, 0.25) is 0 Å². The summed E-state index contributed by atoms with van der Waals surface area (Å²) in [5.41, 5.74) is 3.74. The Labute approximate surface area is 204 Å². The Balaban J connectivity index is 1.47. The van der Waals surface area contributed by atoms with Crippen molar-refractivity contribution >= 4 is 22.5 Å². The number of para-hydroxylation sites is 1. The molecule has 0 unspecified atom stereocenters. The highest BCUT2D eigenvalue weighted by Crippen LogP contribution is 2.30. The molecule has 0 spiro atoms. The summed E-state index contributed by atoms with van der Waals surface area (Å²) in [4.78, 5) is 18.1. The van der Waals surface area contributed by atoms with E-state index in [1.54, 1.807) is 11.7 Å². The Bertz CT molecular complexity index is 1320. The lowest BCUT2D eigenvalue weighted by Crippen LogP contribution is -2.23. The molecule has 6 heteroatoms. The SMILES string of the molecule is COc1ccc(-c2nc3ccccc3c(=O)n2CCCCCOc2c(C)cc(C)cc2Cl)cc1. The summed E-state index contributed by atoms with van der Waals surface area (Å²) >= 11 is 6.34. The molecule has 3 aromatic carbocycles. The van der Waals surface area contributed by atoms with E-state index in [0.29, 0.717) is 34.9 Å². The summed E-state index contributed by atoms with van der Waals surface area (Å²) < 4.78 is 13.0. The van der Waals surface area contributed by atoms with Crippen molar-refractivity contribution in [3.63, 3.8) is 0 Å². The molecule has 0 atom stereocenters. The van der Waals surface area contributed by atoms with E-state index in [2.05, 4.69) is 6.07 Å². The first kappa shape index (κ1) is 23.8. The van der Waals surface area contributed by atoms with Crippen molar-refractivity contribution in [3.05, 3.63) is 87.2 Å². The fraction of sp³-hybridized carbons (Fsp3) is 0.286. The first-order valence-corrected chi connectivity index (χ1v) is 11.9. The minimum absolute atomic E-state index is 0.0188. The number of hydrogen-bond donors (Lipinski definition) is 0. The third kappa shape index (κ3) is 5.26. The van der Waals surface area contributed by atoms with Crippen molar-refractivity contribution in [2.75, 3.05) is 13.7 Å². The lowest BCUT2D eigenvalue weighted by Gasteiger charge is -2.15. The topological polar surface area (TPSA) is 53.3 Å². The molecule has 1 heterocycles. The average molecular weight is 477 g/mol. The van der Waals surface area contributed by atoms with E-state index in [1.165, 1.54) is 0 Å². The molecular formula is C28H29ClN2O3. The lowest BCUT2D eigenvalue weighted by atomic mass is 10.1. The molecule has 5 nitrogen and oxygen atoms in total. The smallest absolute Gasteiger partial charge is 0.261 e. The summed E-state index contributed by atoms with van der Waals surface area (Å²) in [6.45, 7) is 5.20. The van der Waals surface area contributed by atoms with Crippen LogP contribution in [0.3, 0.4) is 0 Å². The number of fused-ring (bicyclic) bond motifs is 1. The highest BCUT2D eigenvalue weighted by Gasteiger charge is 2.13. The summed E-state index contributed by atoms with van der Waals surface area (Å²) in [6.07, 6.45) is 2.63. The second-order valence-electron chi connectivity index (χ2n) is 8.44. The number of aromatic nitrogens is 2. The molecule has 0 aliphatic heterocycles. The predicted molar refractivity (Wildman–Crippen MR) is 138 cm³/mol. The zero-order valence-corrected chi connectivity index (χ0v) is 20.6. The number of nitrogens with zero attached hydrogens (tertiary/aromatic N) is 2. The standard InChI is InChI=1S/C28H29ClN2O3/c1-19-17-20(2)26(24(29)18-19)34-16-8-4-7-15-31-27(21-11-13-22(33-3)14-12-21)30-25-10-6-5-9-23(25)28(31)32/h5-6,9-14,17-18H,4,7-8,15-16H2,1-3H3. The monoisotopic (exact) mass is 476 g/mol. The number of hydrogen-bond acceptors (Lipinski definition) is 4. The third-order valence-electron chi connectivity index (χ3n) is 5.86. The quantitative estimate of drug-likeness (QED) is 0.256. The minimum Gasteiger partial charge on any atom is -0.497 e. The van der Waals surface area contributed by atoms with Gasteiger partial charge in [-0.2, -0.15) is 0 Å². The van der Waals surface area contributed by atoms with Gasteiger partial charge in [0.05, 0.1) is 29.6 Å². The molecule has 0 amide bonds. The molecule has 34 heavy (non-hydrogen) atoms. The summed E-state index contributed by atoms with van der Waals surface area (Å²) in [5.74, 6) is 2.19. The summed E-state index contributed by atoms with van der Waals surface area (Å²) in [7, 11) is 1.64. The van der Waals surface area contributed by atoms with Gasteiger partial charge in [-0.3, -0.25) is 9.36 Å². The summed E-state index contributed by atoms with van der Waals surface area (Å²) in [5, 5.41) is 1.28. The lowest BCUT2D eigenvalue weighted by molar-refractivity contribution is 0.302. The van der Waals surface area contributed by atoms with E-state index in [4.69, 9.17) is 26.1 Å². The molecule has 0 N–H and O–H groups in total. The maximum Gasteiger partial charge on any atom is 0.261 e. The van der Waals surface area contributed by atoms with Gasteiger partial charge in [-0.25, -0.2) is 4.98 Å². The Kier molecular flexibility index (Phi) is 7.53. The highest BCUT2D eigenvalue weighted by atomic mass is 35.5.